The van der Waals surface area contributed by atoms with Crippen molar-refractivity contribution in [3.63, 3.8) is 0 Å². The van der Waals surface area contributed by atoms with Gasteiger partial charge in [0.1, 0.15) is 17.3 Å². The maximum absolute atomic E-state index is 13.9. The number of rotatable bonds is 3. The van der Waals surface area contributed by atoms with Gasteiger partial charge in [-0.05, 0) is 48.5 Å². The predicted octanol–water partition coefficient (Wildman–Crippen LogP) is 5.41. The largest absolute Gasteiger partial charge is 0.456 e. The summed E-state index contributed by atoms with van der Waals surface area (Å²) in [6, 6.07) is 4.98. The molecular weight excluding hydrogens is 339 g/mol. The van der Waals surface area contributed by atoms with E-state index < -0.39 is 17.1 Å². The quantitative estimate of drug-likeness (QED) is 0.549. The Kier molecular flexibility index (Phi) is 4.01. The minimum Gasteiger partial charge on any atom is -0.456 e. The van der Waals surface area contributed by atoms with Crippen molar-refractivity contribution < 1.29 is 17.9 Å². The zero-order valence-electron chi connectivity index (χ0n) is 12.3. The molecule has 7 heteroatoms. The number of halogens is 3. The summed E-state index contributed by atoms with van der Waals surface area (Å²) in [5, 5.41) is -0.837. The van der Waals surface area contributed by atoms with E-state index >= 15 is 0 Å². The van der Waals surface area contributed by atoms with E-state index in [0.29, 0.717) is 5.56 Å². The molecular formula is C17H10F3NO2S. The van der Waals surface area contributed by atoms with E-state index in [4.69, 9.17) is 11.2 Å². The fourth-order valence-corrected chi connectivity index (χ4v) is 3.57. The average Bonchev–Trinajstić information content (AvgIpc) is 2.75. The van der Waals surface area contributed by atoms with Crippen molar-refractivity contribution in [2.24, 2.45) is 5.18 Å². The van der Waals surface area contributed by atoms with Crippen LogP contribution in [-0.2, 0) is 0 Å². The molecule has 0 aromatic heterocycles. The van der Waals surface area contributed by atoms with Crippen molar-refractivity contribution in [2.45, 2.75) is 23.1 Å². The lowest BCUT2D eigenvalue weighted by molar-refractivity contribution is 0.0799. The predicted molar refractivity (Wildman–Crippen MR) is 84.9 cm³/mol. The molecule has 2 aromatic carbocycles. The summed E-state index contributed by atoms with van der Waals surface area (Å²) in [6.45, 7) is 1.68. The number of nitroso groups, excluding NO2 is 1. The molecule has 0 saturated heterocycles. The SMILES string of the molecule is C#Cc1c(Oc2cc(C)cc(F)c2)ccc2c1C(N=O)C(F)(F)S2. The van der Waals surface area contributed by atoms with Gasteiger partial charge in [-0.3, -0.25) is 0 Å². The van der Waals surface area contributed by atoms with E-state index in [9.17, 15) is 18.1 Å². The number of hydrogen-bond acceptors (Lipinski definition) is 4. The maximum Gasteiger partial charge on any atom is 0.327 e. The van der Waals surface area contributed by atoms with Crippen molar-refractivity contribution in [1.29, 1.82) is 0 Å². The number of benzene rings is 2. The smallest absolute Gasteiger partial charge is 0.327 e. The highest BCUT2D eigenvalue weighted by Crippen LogP contribution is 2.57. The Morgan fingerprint density at radius 2 is 2.08 bits per heavy atom. The molecule has 2 aromatic rings. The Hall–Kier alpha value is -2.46. The first-order valence-electron chi connectivity index (χ1n) is 6.83. The lowest BCUT2D eigenvalue weighted by Gasteiger charge is -2.14. The number of aryl methyl sites for hydroxylation is 1. The lowest BCUT2D eigenvalue weighted by Crippen LogP contribution is -2.15. The van der Waals surface area contributed by atoms with Crippen molar-refractivity contribution in [3.05, 3.63) is 57.7 Å². The van der Waals surface area contributed by atoms with Crippen LogP contribution in [0.4, 0.5) is 13.2 Å². The molecule has 24 heavy (non-hydrogen) atoms. The van der Waals surface area contributed by atoms with Crippen LogP contribution in [0.3, 0.4) is 0 Å². The Balaban J connectivity index is 2.09. The zero-order chi connectivity index (χ0) is 17.5. The van der Waals surface area contributed by atoms with Crippen LogP contribution in [0.15, 0.2) is 40.4 Å². The number of terminal acetylenes is 1. The highest BCUT2D eigenvalue weighted by Gasteiger charge is 2.52. The summed E-state index contributed by atoms with van der Waals surface area (Å²) < 4.78 is 46.8. The fourth-order valence-electron chi connectivity index (χ4n) is 2.55. The van der Waals surface area contributed by atoms with Crippen LogP contribution in [0, 0.1) is 30.0 Å². The van der Waals surface area contributed by atoms with Gasteiger partial charge in [0.2, 0.25) is 0 Å². The molecule has 0 bridgehead atoms. The number of alkyl halides is 2. The molecule has 0 saturated carbocycles. The monoisotopic (exact) mass is 349 g/mol. The Morgan fingerprint density at radius 3 is 2.71 bits per heavy atom. The third kappa shape index (κ3) is 2.74. The van der Waals surface area contributed by atoms with Crippen molar-refractivity contribution in [2.75, 3.05) is 0 Å². The molecule has 3 nitrogen and oxygen atoms in total. The molecule has 1 atom stereocenters. The van der Waals surface area contributed by atoms with Crippen LogP contribution in [0.2, 0.25) is 0 Å². The van der Waals surface area contributed by atoms with Crippen LogP contribution in [0.5, 0.6) is 11.5 Å². The molecule has 0 fully saturated rings. The Bertz CT molecular complexity index is 857. The molecule has 0 amide bonds. The Morgan fingerprint density at radius 1 is 1.33 bits per heavy atom. The topological polar surface area (TPSA) is 38.7 Å². The van der Waals surface area contributed by atoms with Crippen LogP contribution in [0.1, 0.15) is 22.7 Å². The number of ether oxygens (including phenoxy) is 1. The first-order chi connectivity index (χ1) is 11.4. The van der Waals surface area contributed by atoms with Crippen LogP contribution >= 0.6 is 11.8 Å². The second-order valence-corrected chi connectivity index (χ2v) is 6.42. The van der Waals surface area contributed by atoms with Gasteiger partial charge in [-0.25, -0.2) is 4.39 Å². The van der Waals surface area contributed by atoms with E-state index in [1.165, 1.54) is 18.2 Å². The van der Waals surface area contributed by atoms with Gasteiger partial charge in [0.25, 0.3) is 0 Å². The Labute approximate surface area is 140 Å². The molecule has 0 aliphatic carbocycles. The normalized spacial score (nSPS) is 17.9. The molecule has 3 rings (SSSR count). The van der Waals surface area contributed by atoms with E-state index in [0.717, 1.165) is 6.07 Å². The van der Waals surface area contributed by atoms with E-state index in [1.54, 1.807) is 13.0 Å². The molecule has 0 radical (unpaired) electrons. The second kappa shape index (κ2) is 5.87. The van der Waals surface area contributed by atoms with E-state index in [2.05, 4.69) is 11.1 Å². The van der Waals surface area contributed by atoms with Gasteiger partial charge in [-0.1, -0.05) is 11.1 Å². The number of nitrogens with zero attached hydrogens (tertiary/aromatic N) is 1. The van der Waals surface area contributed by atoms with Crippen molar-refractivity contribution in [1.82, 2.24) is 0 Å². The average molecular weight is 349 g/mol. The van der Waals surface area contributed by atoms with Crippen molar-refractivity contribution in [3.8, 4) is 23.8 Å². The number of thioether (sulfide) groups is 1. The highest BCUT2D eigenvalue weighted by atomic mass is 32.2. The van der Waals surface area contributed by atoms with Gasteiger partial charge in [0.15, 0.2) is 6.04 Å². The summed E-state index contributed by atoms with van der Waals surface area (Å²) in [7, 11) is 0. The van der Waals surface area contributed by atoms with Gasteiger partial charge >= 0.3 is 5.25 Å². The summed E-state index contributed by atoms with van der Waals surface area (Å²) in [4.78, 5) is 11.1. The molecule has 0 N–H and O–H groups in total. The molecule has 1 heterocycles. The third-order valence-corrected chi connectivity index (χ3v) is 4.57. The summed E-state index contributed by atoms with van der Waals surface area (Å²) in [5.74, 6) is 2.05. The molecule has 122 valence electrons. The molecule has 1 aliphatic rings. The van der Waals surface area contributed by atoms with Crippen LogP contribution in [-0.4, -0.2) is 5.25 Å². The number of fused-ring (bicyclic) bond motifs is 1. The van der Waals surface area contributed by atoms with Crippen LogP contribution < -0.4 is 4.74 Å². The summed E-state index contributed by atoms with van der Waals surface area (Å²) in [5.41, 5.74) is 0.611. The van der Waals surface area contributed by atoms with E-state index in [1.807, 2.05) is 0 Å². The molecule has 1 aliphatic heterocycles. The molecule has 1 unspecified atom stereocenters. The minimum absolute atomic E-state index is 0.0173. The van der Waals surface area contributed by atoms with Gasteiger partial charge in [-0.15, -0.1) is 11.3 Å². The van der Waals surface area contributed by atoms with E-state index in [-0.39, 0.29) is 39.3 Å². The van der Waals surface area contributed by atoms with Gasteiger partial charge in [0.05, 0.1) is 5.56 Å². The lowest BCUT2D eigenvalue weighted by atomic mass is 10.0. The van der Waals surface area contributed by atoms with Gasteiger partial charge < -0.3 is 4.74 Å². The van der Waals surface area contributed by atoms with Gasteiger partial charge in [-0.2, -0.15) is 8.78 Å². The van der Waals surface area contributed by atoms with Crippen molar-refractivity contribution >= 4 is 11.8 Å². The van der Waals surface area contributed by atoms with Crippen LogP contribution in [0.25, 0.3) is 0 Å². The zero-order valence-corrected chi connectivity index (χ0v) is 13.2. The second-order valence-electron chi connectivity index (χ2n) is 5.23. The maximum atomic E-state index is 13.9. The first-order valence-corrected chi connectivity index (χ1v) is 7.65. The van der Waals surface area contributed by atoms with Gasteiger partial charge in [0, 0.05) is 16.5 Å². The summed E-state index contributed by atoms with van der Waals surface area (Å²) >= 11 is 0.237. The number of hydrogen-bond donors (Lipinski definition) is 0. The minimum atomic E-state index is -3.37. The summed E-state index contributed by atoms with van der Waals surface area (Å²) in [6.07, 6.45) is 5.44. The molecule has 0 spiro atoms. The standard InChI is InChI=1S/C17H10F3NO2S/c1-3-12-13(23-11-7-9(2)6-10(18)8-11)4-5-14-15(12)16(21-22)17(19,20)24-14/h1,4-8,16H,2H3. The fraction of sp³-hybridized carbons (Fsp3) is 0.176. The third-order valence-electron chi connectivity index (χ3n) is 3.50. The first kappa shape index (κ1) is 16.4. The highest BCUT2D eigenvalue weighted by molar-refractivity contribution is 8.00.